The Morgan fingerprint density at radius 1 is 1.19 bits per heavy atom. The van der Waals surface area contributed by atoms with E-state index in [4.69, 9.17) is 0 Å². The first-order chi connectivity index (χ1) is 13.0. The summed E-state index contributed by atoms with van der Waals surface area (Å²) in [5, 5.41) is 18.0. The van der Waals surface area contributed by atoms with Crippen LogP contribution in [-0.2, 0) is 4.79 Å². The molecule has 8 heteroatoms. The molecule has 1 atom stereocenters. The summed E-state index contributed by atoms with van der Waals surface area (Å²) in [6, 6.07) is 9.89. The number of hydrogen-bond acceptors (Lipinski definition) is 5. The molecule has 0 radical (unpaired) electrons. The van der Waals surface area contributed by atoms with Gasteiger partial charge in [0.2, 0.25) is 6.17 Å². The molecule has 1 N–H and O–H groups in total. The van der Waals surface area contributed by atoms with Crippen molar-refractivity contribution < 1.29 is 13.6 Å². The number of rotatable bonds is 2. The summed E-state index contributed by atoms with van der Waals surface area (Å²) < 4.78 is 27.9. The van der Waals surface area contributed by atoms with E-state index < -0.39 is 17.8 Å². The number of nitrogens with one attached hydrogen (secondary N) is 1. The van der Waals surface area contributed by atoms with Crippen LogP contribution in [0.15, 0.2) is 47.7 Å². The number of hydrogen-bond donors (Lipinski definition) is 1. The highest BCUT2D eigenvalue weighted by molar-refractivity contribution is 5.95. The van der Waals surface area contributed by atoms with Gasteiger partial charge in [0, 0.05) is 29.9 Å². The fourth-order valence-electron chi connectivity index (χ4n) is 3.07. The Morgan fingerprint density at radius 2 is 2.00 bits per heavy atom. The maximum atomic E-state index is 14.5. The van der Waals surface area contributed by atoms with E-state index in [0.29, 0.717) is 16.8 Å². The van der Waals surface area contributed by atoms with Gasteiger partial charge in [0.25, 0.3) is 5.91 Å². The maximum absolute atomic E-state index is 14.5. The summed E-state index contributed by atoms with van der Waals surface area (Å²) in [6.45, 7) is 0. The molecule has 0 saturated heterocycles. The second-order valence-electron chi connectivity index (χ2n) is 6.12. The molecule has 0 fully saturated rings. The lowest BCUT2D eigenvalue weighted by Gasteiger charge is -2.30. The number of benzene rings is 2. The zero-order valence-electron chi connectivity index (χ0n) is 14.1. The number of hydrazone groups is 1. The Bertz CT molecular complexity index is 1060. The number of nitriles is 1. The highest BCUT2D eigenvalue weighted by atomic mass is 19.1. The smallest absolute Gasteiger partial charge is 0.272 e. The van der Waals surface area contributed by atoms with Crippen molar-refractivity contribution >= 4 is 17.9 Å². The summed E-state index contributed by atoms with van der Waals surface area (Å²) in [5.41, 5.74) is 1.68. The molecule has 4 rings (SSSR count). The molecule has 1 amide bonds. The van der Waals surface area contributed by atoms with Gasteiger partial charge in [0.05, 0.1) is 17.3 Å². The Morgan fingerprint density at radius 3 is 2.78 bits per heavy atom. The van der Waals surface area contributed by atoms with Crippen molar-refractivity contribution in [1.82, 2.24) is 15.2 Å². The van der Waals surface area contributed by atoms with Crippen molar-refractivity contribution in [3.8, 4) is 17.2 Å². The van der Waals surface area contributed by atoms with Crippen LogP contribution >= 0.6 is 0 Å². The number of nitrogens with zero attached hydrogens (tertiary/aromatic N) is 4. The molecule has 2 aromatic carbocycles. The van der Waals surface area contributed by atoms with E-state index in [1.807, 2.05) is 6.07 Å². The molecule has 0 spiro atoms. The number of fused-ring (bicyclic) bond motifs is 1. The third-order valence-electron chi connectivity index (χ3n) is 4.45. The fraction of sp³-hybridized carbons (Fsp3) is 0.105. The van der Waals surface area contributed by atoms with E-state index in [2.05, 4.69) is 10.4 Å². The SMILES string of the molecule is CN1C=NN2C(c3ccc(F)c(-c4ccc(F)cc4C#N)c3)=CNC2C1=O. The first kappa shape index (κ1) is 16.7. The lowest BCUT2D eigenvalue weighted by atomic mass is 9.97. The van der Waals surface area contributed by atoms with Gasteiger partial charge in [-0.25, -0.2) is 13.8 Å². The number of amides is 1. The summed E-state index contributed by atoms with van der Waals surface area (Å²) in [6.07, 6.45) is 2.37. The van der Waals surface area contributed by atoms with E-state index in [0.717, 1.165) is 6.07 Å². The molecule has 2 heterocycles. The number of likely N-dealkylation sites (N-methyl/N-ethyl adjacent to an activating group) is 1. The van der Waals surface area contributed by atoms with Gasteiger partial charge in [0.15, 0.2) is 0 Å². The molecule has 0 bridgehead atoms. The van der Waals surface area contributed by atoms with E-state index in [1.54, 1.807) is 25.4 Å². The van der Waals surface area contributed by atoms with Crippen LogP contribution in [0.25, 0.3) is 16.8 Å². The Labute approximate surface area is 153 Å². The third kappa shape index (κ3) is 2.69. The first-order valence-electron chi connectivity index (χ1n) is 8.06. The minimum Gasteiger partial charge on any atom is -0.360 e. The lowest BCUT2D eigenvalue weighted by Crippen LogP contribution is -2.51. The summed E-state index contributed by atoms with van der Waals surface area (Å²) in [4.78, 5) is 13.6. The number of carbonyl (C=O) groups excluding carboxylic acids is 1. The van der Waals surface area contributed by atoms with Crippen molar-refractivity contribution in [2.45, 2.75) is 6.17 Å². The van der Waals surface area contributed by atoms with Gasteiger partial charge in [-0.05, 0) is 30.3 Å². The van der Waals surface area contributed by atoms with Crippen LogP contribution in [0.1, 0.15) is 11.1 Å². The average molecular weight is 365 g/mol. The Balaban J connectivity index is 1.78. The molecule has 27 heavy (non-hydrogen) atoms. The predicted octanol–water partition coefficient (Wildman–Crippen LogP) is 2.45. The van der Waals surface area contributed by atoms with Crippen molar-refractivity contribution in [2.75, 3.05) is 7.05 Å². The molecule has 2 aliphatic heterocycles. The zero-order valence-corrected chi connectivity index (χ0v) is 14.1. The van der Waals surface area contributed by atoms with Crippen molar-refractivity contribution in [1.29, 1.82) is 5.26 Å². The van der Waals surface area contributed by atoms with Crippen LogP contribution in [0, 0.1) is 23.0 Å². The van der Waals surface area contributed by atoms with E-state index in [1.165, 1.54) is 34.4 Å². The van der Waals surface area contributed by atoms with Crippen LogP contribution in [0.2, 0.25) is 0 Å². The van der Waals surface area contributed by atoms with Crippen LogP contribution in [-0.4, -0.2) is 35.4 Å². The molecular weight excluding hydrogens is 352 g/mol. The predicted molar refractivity (Wildman–Crippen MR) is 94.5 cm³/mol. The topological polar surface area (TPSA) is 71.7 Å². The first-order valence-corrected chi connectivity index (χ1v) is 8.06. The van der Waals surface area contributed by atoms with E-state index >= 15 is 0 Å². The maximum Gasteiger partial charge on any atom is 0.272 e. The van der Waals surface area contributed by atoms with E-state index in [-0.39, 0.29) is 17.0 Å². The van der Waals surface area contributed by atoms with Crippen LogP contribution < -0.4 is 5.32 Å². The van der Waals surface area contributed by atoms with Gasteiger partial charge in [0.1, 0.15) is 18.0 Å². The molecule has 0 aromatic heterocycles. The van der Waals surface area contributed by atoms with Crippen LogP contribution in [0.5, 0.6) is 0 Å². The van der Waals surface area contributed by atoms with Crippen molar-refractivity contribution in [3.63, 3.8) is 0 Å². The van der Waals surface area contributed by atoms with Crippen molar-refractivity contribution in [2.24, 2.45) is 5.10 Å². The molecule has 6 nitrogen and oxygen atoms in total. The van der Waals surface area contributed by atoms with Crippen LogP contribution in [0.4, 0.5) is 8.78 Å². The zero-order chi connectivity index (χ0) is 19.1. The summed E-state index contributed by atoms with van der Waals surface area (Å²) in [5.74, 6) is -1.28. The van der Waals surface area contributed by atoms with Gasteiger partial charge in [-0.1, -0.05) is 6.07 Å². The molecule has 0 aliphatic carbocycles. The normalized spacial score (nSPS) is 18.1. The highest BCUT2D eigenvalue weighted by Crippen LogP contribution is 2.33. The minimum absolute atomic E-state index is 0.0373. The van der Waals surface area contributed by atoms with Gasteiger partial charge in [-0.3, -0.25) is 4.79 Å². The van der Waals surface area contributed by atoms with Crippen LogP contribution in [0.3, 0.4) is 0 Å². The summed E-state index contributed by atoms with van der Waals surface area (Å²) in [7, 11) is 1.61. The second-order valence-corrected chi connectivity index (χ2v) is 6.12. The molecule has 2 aliphatic rings. The molecule has 0 saturated carbocycles. The van der Waals surface area contributed by atoms with Gasteiger partial charge >= 0.3 is 0 Å². The van der Waals surface area contributed by atoms with Crippen molar-refractivity contribution in [3.05, 3.63) is 65.4 Å². The molecule has 1 unspecified atom stereocenters. The molecule has 134 valence electrons. The number of halogens is 2. The molecular formula is C19H13F2N5O. The largest absolute Gasteiger partial charge is 0.360 e. The third-order valence-corrected chi connectivity index (χ3v) is 4.45. The van der Waals surface area contributed by atoms with Gasteiger partial charge in [-0.2, -0.15) is 10.4 Å². The lowest BCUT2D eigenvalue weighted by molar-refractivity contribution is -0.132. The van der Waals surface area contributed by atoms with Gasteiger partial charge in [-0.15, -0.1) is 0 Å². The molecule has 2 aromatic rings. The quantitative estimate of drug-likeness (QED) is 0.887. The highest BCUT2D eigenvalue weighted by Gasteiger charge is 2.36. The standard InChI is InChI=1S/C19H13F2N5O/c1-25-10-24-26-17(9-23-18(26)19(25)27)11-2-5-16(21)15(7-11)14-4-3-13(20)6-12(14)8-22/h2-7,9-10,18,23H,1H3. The monoisotopic (exact) mass is 365 g/mol. The van der Waals surface area contributed by atoms with Gasteiger partial charge < -0.3 is 10.2 Å². The summed E-state index contributed by atoms with van der Waals surface area (Å²) >= 11 is 0. The van der Waals surface area contributed by atoms with E-state index in [9.17, 15) is 18.8 Å². The fourth-order valence-corrected chi connectivity index (χ4v) is 3.07. The number of carbonyl (C=O) groups is 1. The Hall–Kier alpha value is -3.73. The average Bonchev–Trinajstić information content (AvgIpc) is 3.10. The Kier molecular flexibility index (Phi) is 3.85. The second kappa shape index (κ2) is 6.21. The minimum atomic E-state index is -0.663.